The van der Waals surface area contributed by atoms with Crippen molar-refractivity contribution in [3.8, 4) is 23.0 Å². The van der Waals surface area contributed by atoms with E-state index in [2.05, 4.69) is 84.8 Å². The Morgan fingerprint density at radius 2 is 1.81 bits per heavy atom. The van der Waals surface area contributed by atoms with Gasteiger partial charge in [0, 0.05) is 68.9 Å². The number of aromatic nitrogens is 1. The zero-order chi connectivity index (χ0) is 49.8. The maximum atomic E-state index is 14.9. The van der Waals surface area contributed by atoms with Crippen LogP contribution in [-0.2, 0) is 52.8 Å². The first-order chi connectivity index (χ1) is 33.0. The first-order valence-corrected chi connectivity index (χ1v) is 24.6. The average Bonchev–Trinajstić information content (AvgIpc) is 4.00. The maximum Gasteiger partial charge on any atom is 0.298 e. The van der Waals surface area contributed by atoms with Crippen LogP contribution in [0.15, 0.2) is 65.8 Å². The molecule has 0 unspecified atom stereocenters. The van der Waals surface area contributed by atoms with E-state index in [1.54, 1.807) is 30.0 Å². The summed E-state index contributed by atoms with van der Waals surface area (Å²) in [5.74, 6) is 3.67. The lowest BCUT2D eigenvalue weighted by molar-refractivity contribution is -0.149. The molecule has 7 rings (SSSR count). The summed E-state index contributed by atoms with van der Waals surface area (Å²) in [6.45, 7) is 22.4. The van der Waals surface area contributed by atoms with E-state index >= 15 is 0 Å². The summed E-state index contributed by atoms with van der Waals surface area (Å²) in [6.07, 6.45) is 6.94. The van der Waals surface area contributed by atoms with Crippen molar-refractivity contribution in [3.63, 3.8) is 0 Å². The molecule has 0 saturated carbocycles. The van der Waals surface area contributed by atoms with Gasteiger partial charge in [0.15, 0.2) is 0 Å². The fourth-order valence-electron chi connectivity index (χ4n) is 11.0. The standard InChI is InChI=1S/C55H71N7O7/c1-11-17-46(64)59-26-23-54(32-59)24-27-61(52(54)67)48(36(5)6)50(65)57-44-29-38-18-15-19-39(28-38)40-20-21-45-42(30-40)43(49(60(45)14-4)41(12-2)47(56-13-3)37(7)68-10)31-53(8,9)34-69-35-55(33-63)22-16-25-62(58-55)51(44)66/h12-13,15,18-21,28,30,33,36-37,44,48,58H,2,14,16,22-27,29,31-32,34-35H2,1,3-10H3,(H,57,65)/b47-41+,56-13-/t37-,44-,48-,54-,55-/m0/s1. The van der Waals surface area contributed by atoms with Crippen molar-refractivity contribution in [2.75, 3.05) is 46.5 Å². The van der Waals surface area contributed by atoms with Crippen molar-refractivity contribution < 1.29 is 33.4 Å². The number of carbonyl (C=O) groups is 5. The van der Waals surface area contributed by atoms with Crippen LogP contribution < -0.4 is 10.7 Å². The molecule has 5 heterocycles. The smallest absolute Gasteiger partial charge is 0.298 e. The second-order valence-electron chi connectivity index (χ2n) is 20.4. The summed E-state index contributed by atoms with van der Waals surface area (Å²) in [5, 5.41) is 5.67. The maximum absolute atomic E-state index is 14.9. The molecular weight excluding hydrogens is 871 g/mol. The number of hydrazine groups is 1. The van der Waals surface area contributed by atoms with Gasteiger partial charge in [-0.15, -0.1) is 0 Å². The number of nitrogens with one attached hydrogen (secondary N) is 2. The summed E-state index contributed by atoms with van der Waals surface area (Å²) in [7, 11) is 1.68. The van der Waals surface area contributed by atoms with E-state index in [-0.39, 0.29) is 43.4 Å². The van der Waals surface area contributed by atoms with Gasteiger partial charge in [-0.05, 0) is 111 Å². The quantitative estimate of drug-likeness (QED) is 0.0952. The Kier molecular flexibility index (Phi) is 15.5. The molecule has 6 bridgehead atoms. The number of benzene rings is 2. The number of allylic oxidation sites excluding steroid dienone is 2. The number of carbonyl (C=O) groups excluding carboxylic acids is 5. The SMILES string of the molecule is C=C/C(=C(\N=C/C)[C@H](C)OC)c1c2c3cc(ccc3n1CC)-c1cccc(c1)C[C@H](NC(=O)[C@H](C(C)C)N1CC[C@]3(CCN(C(=O)C#CC)C3)C1=O)C(=O)N1CCC[C@](C=O)(COCC(C)(C)C2)N1. The van der Waals surface area contributed by atoms with Gasteiger partial charge in [0.2, 0.25) is 11.8 Å². The molecule has 14 nitrogen and oxygen atoms in total. The minimum Gasteiger partial charge on any atom is -0.378 e. The Morgan fingerprint density at radius 1 is 1.06 bits per heavy atom. The van der Waals surface area contributed by atoms with Gasteiger partial charge in [0.1, 0.15) is 23.9 Å². The number of amides is 4. The minimum absolute atomic E-state index is 0.0251. The summed E-state index contributed by atoms with van der Waals surface area (Å²) in [6, 6.07) is 12.6. The van der Waals surface area contributed by atoms with Crippen LogP contribution in [-0.4, -0.2) is 126 Å². The number of rotatable bonds is 11. The molecule has 1 aromatic heterocycles. The highest BCUT2D eigenvalue weighted by Crippen LogP contribution is 2.43. The third-order valence-electron chi connectivity index (χ3n) is 14.6. The van der Waals surface area contributed by atoms with Crippen molar-refractivity contribution in [1.29, 1.82) is 0 Å². The first kappa shape index (κ1) is 51.0. The number of hydrogen-bond acceptors (Lipinski definition) is 9. The minimum atomic E-state index is -1.19. The number of methoxy groups -OCH3 is 1. The Balaban J connectivity index is 1.31. The number of aldehydes is 1. The predicted octanol–water partition coefficient (Wildman–Crippen LogP) is 6.54. The van der Waals surface area contributed by atoms with Crippen LogP contribution in [0.25, 0.3) is 27.6 Å². The number of aryl methyl sites for hydroxylation is 1. The molecule has 0 aliphatic carbocycles. The number of aliphatic imine (C=N–C) groups is 1. The molecular formula is C55H71N7O7. The lowest BCUT2D eigenvalue weighted by Crippen LogP contribution is -2.66. The first-order valence-electron chi connectivity index (χ1n) is 24.6. The Hall–Kier alpha value is -5.88. The highest BCUT2D eigenvalue weighted by Gasteiger charge is 2.54. The highest BCUT2D eigenvalue weighted by atomic mass is 16.5. The third kappa shape index (κ3) is 10.2. The molecule has 3 fully saturated rings. The molecule has 1 spiro atoms. The largest absolute Gasteiger partial charge is 0.378 e. The molecule has 0 radical (unpaired) electrons. The van der Waals surface area contributed by atoms with Crippen LogP contribution in [0.4, 0.5) is 0 Å². The molecule has 14 heteroatoms. The Bertz CT molecular complexity index is 2620. The third-order valence-corrected chi connectivity index (χ3v) is 14.6. The van der Waals surface area contributed by atoms with Gasteiger partial charge in [0.05, 0.1) is 36.1 Å². The molecule has 4 aliphatic heterocycles. The second-order valence-corrected chi connectivity index (χ2v) is 20.4. The van der Waals surface area contributed by atoms with Crippen LogP contribution >= 0.6 is 0 Å². The summed E-state index contributed by atoms with van der Waals surface area (Å²) >= 11 is 0. The molecule has 4 amide bonds. The highest BCUT2D eigenvalue weighted by molar-refractivity contribution is 5.98. The molecule has 2 N–H and O–H groups in total. The molecule has 5 atom stereocenters. The fourth-order valence-corrected chi connectivity index (χ4v) is 11.0. The van der Waals surface area contributed by atoms with E-state index in [0.717, 1.165) is 56.4 Å². The van der Waals surface area contributed by atoms with Crippen molar-refractivity contribution in [2.24, 2.45) is 21.7 Å². The van der Waals surface area contributed by atoms with Gasteiger partial charge in [-0.25, -0.2) is 5.43 Å². The second kappa shape index (κ2) is 21.0. The zero-order valence-corrected chi connectivity index (χ0v) is 42.1. The van der Waals surface area contributed by atoms with Crippen molar-refractivity contribution in [2.45, 2.75) is 124 Å². The Labute approximate surface area is 407 Å². The van der Waals surface area contributed by atoms with E-state index in [0.29, 0.717) is 64.9 Å². The normalized spacial score (nSPS) is 24.3. The summed E-state index contributed by atoms with van der Waals surface area (Å²) in [5.41, 5.74) is 8.45. The number of fused-ring (bicyclic) bond motifs is 6. The van der Waals surface area contributed by atoms with Crippen molar-refractivity contribution in [1.82, 2.24) is 30.1 Å². The lowest BCUT2D eigenvalue weighted by atomic mass is 9.83. The van der Waals surface area contributed by atoms with Crippen LogP contribution in [0, 0.1) is 28.6 Å². The summed E-state index contributed by atoms with van der Waals surface area (Å²) in [4.78, 5) is 78.1. The van der Waals surface area contributed by atoms with E-state index in [9.17, 15) is 24.0 Å². The van der Waals surface area contributed by atoms with E-state index in [1.807, 2.05) is 45.9 Å². The molecule has 368 valence electrons. The number of hydrogen-bond donors (Lipinski definition) is 2. The average molecular weight is 942 g/mol. The van der Waals surface area contributed by atoms with Gasteiger partial charge in [-0.1, -0.05) is 76.6 Å². The molecule has 2 aromatic carbocycles. The van der Waals surface area contributed by atoms with Crippen molar-refractivity contribution >= 4 is 52.6 Å². The van der Waals surface area contributed by atoms with Crippen molar-refractivity contribution in [3.05, 3.63) is 77.6 Å². The van der Waals surface area contributed by atoms with Gasteiger partial charge < -0.3 is 34.0 Å². The monoisotopic (exact) mass is 942 g/mol. The Morgan fingerprint density at radius 3 is 2.49 bits per heavy atom. The lowest BCUT2D eigenvalue weighted by Gasteiger charge is -2.42. The van der Waals surface area contributed by atoms with Crippen LogP contribution in [0.1, 0.15) is 97.9 Å². The van der Waals surface area contributed by atoms with E-state index in [1.165, 1.54) is 5.01 Å². The van der Waals surface area contributed by atoms with Gasteiger partial charge in [-0.2, -0.15) is 0 Å². The van der Waals surface area contributed by atoms with Crippen LogP contribution in [0.5, 0.6) is 0 Å². The topological polar surface area (TPSA) is 155 Å². The zero-order valence-electron chi connectivity index (χ0n) is 42.1. The van der Waals surface area contributed by atoms with Gasteiger partial charge >= 0.3 is 0 Å². The number of nitrogens with zero attached hydrogens (tertiary/aromatic N) is 5. The summed E-state index contributed by atoms with van der Waals surface area (Å²) < 4.78 is 14.7. The van der Waals surface area contributed by atoms with Crippen LogP contribution in [0.2, 0.25) is 0 Å². The van der Waals surface area contributed by atoms with Gasteiger partial charge in [-0.3, -0.25) is 29.2 Å². The fraction of sp³-hybridized carbons (Fsp3) is 0.527. The molecule has 4 aliphatic rings. The molecule has 3 aromatic rings. The van der Waals surface area contributed by atoms with Crippen LogP contribution in [0.3, 0.4) is 0 Å². The van der Waals surface area contributed by atoms with E-state index < -0.39 is 40.3 Å². The van der Waals surface area contributed by atoms with E-state index in [4.69, 9.17) is 14.5 Å². The molecule has 69 heavy (non-hydrogen) atoms. The van der Waals surface area contributed by atoms with Gasteiger partial charge in [0.25, 0.3) is 11.8 Å². The number of ether oxygens (including phenoxy) is 2. The predicted molar refractivity (Wildman–Crippen MR) is 270 cm³/mol. The number of likely N-dealkylation sites (tertiary alicyclic amines) is 2. The molecule has 3 saturated heterocycles.